The first-order valence-electron chi connectivity index (χ1n) is 12.8. The summed E-state index contributed by atoms with van der Waals surface area (Å²) in [6.07, 6.45) is -8.22. The lowest BCUT2D eigenvalue weighted by Crippen LogP contribution is -2.39. The van der Waals surface area contributed by atoms with Gasteiger partial charge in [0.1, 0.15) is 11.5 Å². The van der Waals surface area contributed by atoms with Gasteiger partial charge in [-0.15, -0.1) is 0 Å². The molecule has 2 aromatic rings. The van der Waals surface area contributed by atoms with Crippen molar-refractivity contribution in [1.82, 2.24) is 5.32 Å². The maximum atomic E-state index is 10.6. The molecule has 2 rings (SSSR count). The fourth-order valence-corrected chi connectivity index (χ4v) is 2.39. The van der Waals surface area contributed by atoms with E-state index < -0.39 is 56.0 Å². The number of ether oxygens (including phenoxy) is 1. The van der Waals surface area contributed by atoms with Crippen LogP contribution < -0.4 is 15.4 Å². The van der Waals surface area contributed by atoms with Gasteiger partial charge < -0.3 is 46.0 Å². The number of aliphatic hydroxyl groups excluding tert-OH is 3. The molecular formula is C23H30N2O10. The van der Waals surface area contributed by atoms with Gasteiger partial charge in [0.15, 0.2) is 12.2 Å². The first kappa shape index (κ1) is 20.6. The maximum Gasteiger partial charge on any atom is 0.335 e. The minimum atomic E-state index is -3.10. The Morgan fingerprint density at radius 1 is 1.11 bits per heavy atom. The van der Waals surface area contributed by atoms with Crippen molar-refractivity contribution in [1.29, 1.82) is 0 Å². The van der Waals surface area contributed by atoms with Crippen molar-refractivity contribution >= 4 is 24.0 Å². The van der Waals surface area contributed by atoms with E-state index in [1.165, 1.54) is 49.6 Å². The SMILES string of the molecule is O=C(O)[C@H](O)[C@@H](O)C(=O)O.[2H]C([2H])([2H])C([2H])(NC[C@H](O)c1ccc(O)c(NC=O)c1)C([2H])([2H])c1ccc(OC)cc1. The first-order valence-corrected chi connectivity index (χ1v) is 9.76. The molecule has 12 heteroatoms. The van der Waals surface area contributed by atoms with Gasteiger partial charge in [0, 0.05) is 20.8 Å². The highest BCUT2D eigenvalue weighted by atomic mass is 16.5. The number of hydrogen-bond acceptors (Lipinski definition) is 9. The molecule has 0 saturated heterocycles. The molecule has 1 amide bonds. The molecule has 0 aliphatic rings. The van der Waals surface area contributed by atoms with Crippen LogP contribution in [-0.4, -0.2) is 80.9 Å². The minimum absolute atomic E-state index is 0.0353. The van der Waals surface area contributed by atoms with Gasteiger partial charge in [-0.3, -0.25) is 4.79 Å². The van der Waals surface area contributed by atoms with Crippen LogP contribution in [0.25, 0.3) is 0 Å². The topological polar surface area (TPSA) is 206 Å². The van der Waals surface area contributed by atoms with Crippen LogP contribution in [-0.2, 0) is 20.8 Å². The lowest BCUT2D eigenvalue weighted by Gasteiger charge is -2.18. The predicted octanol–water partition coefficient (Wildman–Crippen LogP) is 0.101. The zero-order valence-electron chi connectivity index (χ0n) is 24.4. The zero-order valence-corrected chi connectivity index (χ0v) is 18.4. The molecule has 35 heavy (non-hydrogen) atoms. The smallest absolute Gasteiger partial charge is 0.335 e. The van der Waals surface area contributed by atoms with Gasteiger partial charge in [-0.1, -0.05) is 18.2 Å². The van der Waals surface area contributed by atoms with Crippen LogP contribution in [0.4, 0.5) is 5.69 Å². The van der Waals surface area contributed by atoms with Crippen LogP contribution in [0, 0.1) is 0 Å². The number of aliphatic carboxylic acids is 2. The average molecular weight is 501 g/mol. The van der Waals surface area contributed by atoms with Crippen molar-refractivity contribution in [2.45, 2.75) is 37.6 Å². The summed E-state index contributed by atoms with van der Waals surface area (Å²) in [4.78, 5) is 30.2. The van der Waals surface area contributed by atoms with Crippen LogP contribution in [0.2, 0.25) is 0 Å². The summed E-state index contributed by atoms with van der Waals surface area (Å²) in [5, 5.41) is 57.3. The van der Waals surface area contributed by atoms with Gasteiger partial charge >= 0.3 is 11.9 Å². The fraction of sp³-hybridized carbons (Fsp3) is 0.348. The van der Waals surface area contributed by atoms with E-state index in [2.05, 4.69) is 10.6 Å². The second-order valence-electron chi connectivity index (χ2n) is 6.73. The van der Waals surface area contributed by atoms with Gasteiger partial charge in [0.05, 0.1) is 18.9 Å². The molecule has 0 saturated carbocycles. The molecule has 1 unspecified atom stereocenters. The van der Waals surface area contributed by atoms with Crippen LogP contribution in [0.1, 0.15) is 32.3 Å². The third kappa shape index (κ3) is 9.98. The number of carboxylic acid groups (broad SMARTS) is 2. The Morgan fingerprint density at radius 3 is 2.20 bits per heavy atom. The number of anilines is 1. The molecule has 0 radical (unpaired) electrons. The highest BCUT2D eigenvalue weighted by molar-refractivity contribution is 5.83. The Kier molecular flexibility index (Phi) is 8.57. The normalized spacial score (nSPS) is 18.1. The van der Waals surface area contributed by atoms with E-state index in [0.717, 1.165) is 0 Å². The summed E-state index contributed by atoms with van der Waals surface area (Å²) in [5.41, 5.74) is 0.198. The first-order chi connectivity index (χ1) is 18.8. The number of carbonyl (C=O) groups is 3. The lowest BCUT2D eigenvalue weighted by atomic mass is 10.1. The molecule has 0 fully saturated rings. The van der Waals surface area contributed by atoms with E-state index in [1.54, 1.807) is 0 Å². The highest BCUT2D eigenvalue weighted by Gasteiger charge is 2.29. The second-order valence-corrected chi connectivity index (χ2v) is 6.73. The van der Waals surface area contributed by atoms with Gasteiger partial charge in [-0.05, 0) is 48.6 Å². The summed E-state index contributed by atoms with van der Waals surface area (Å²) in [5.74, 6) is -3.33. The number of benzene rings is 2. The molecule has 2 aromatic carbocycles. The third-order valence-corrected chi connectivity index (χ3v) is 4.26. The van der Waals surface area contributed by atoms with Crippen molar-refractivity contribution in [2.75, 3.05) is 19.0 Å². The van der Waals surface area contributed by atoms with Crippen molar-refractivity contribution in [3.8, 4) is 11.5 Å². The van der Waals surface area contributed by atoms with Crippen LogP contribution >= 0.6 is 0 Å². The van der Waals surface area contributed by atoms with Crippen molar-refractivity contribution < 1.29 is 58.0 Å². The largest absolute Gasteiger partial charge is 0.506 e. The zero-order chi connectivity index (χ0) is 31.8. The van der Waals surface area contributed by atoms with E-state index in [0.29, 0.717) is 12.2 Å². The molecule has 0 heterocycles. The number of amides is 1. The van der Waals surface area contributed by atoms with Gasteiger partial charge in [-0.2, -0.15) is 0 Å². The number of aromatic hydroxyl groups is 1. The Hall–Kier alpha value is -3.71. The quantitative estimate of drug-likeness (QED) is 0.145. The lowest BCUT2D eigenvalue weighted by molar-refractivity contribution is -0.165. The molecule has 4 atom stereocenters. The number of phenols is 1. The Labute approximate surface area is 209 Å². The van der Waals surface area contributed by atoms with Crippen LogP contribution in [0.5, 0.6) is 11.5 Å². The molecule has 0 aliphatic carbocycles. The standard InChI is InChI=1S/C19H24N2O4.C4H6O6/c1-13(9-14-3-6-16(25-2)7-4-14)20-11-19(24)15-5-8-18(23)17(10-15)21-12-22;5-1(3(7)8)2(6)4(9)10/h3-8,10,12-13,19-20,23-24H,9,11H2,1-2H3,(H,21,22);1-2,5-6H,(H,7,8)(H,9,10)/t13?,19-;1-,2-/m01/s1/i1D3,9D2,13D;. The summed E-state index contributed by atoms with van der Waals surface area (Å²) in [6.45, 7) is -3.59. The Balaban J connectivity index is 0.000000716. The third-order valence-electron chi connectivity index (χ3n) is 4.26. The van der Waals surface area contributed by atoms with Gasteiger partial charge in [0.25, 0.3) is 0 Å². The second kappa shape index (κ2) is 14.5. The van der Waals surface area contributed by atoms with E-state index in [-0.39, 0.29) is 22.6 Å². The summed E-state index contributed by atoms with van der Waals surface area (Å²) < 4.78 is 53.8. The predicted molar refractivity (Wildman–Crippen MR) is 124 cm³/mol. The Morgan fingerprint density at radius 2 is 1.71 bits per heavy atom. The molecule has 0 aromatic heterocycles. The van der Waals surface area contributed by atoms with E-state index in [9.17, 15) is 24.6 Å². The molecule has 192 valence electrons. The molecule has 0 spiro atoms. The monoisotopic (exact) mass is 500 g/mol. The van der Waals surface area contributed by atoms with Crippen LogP contribution in [0.15, 0.2) is 42.5 Å². The fourth-order valence-electron chi connectivity index (χ4n) is 2.39. The molecular weight excluding hydrogens is 464 g/mol. The molecule has 0 bridgehead atoms. The number of phenolic OH excluding ortho intramolecular Hbond substituents is 1. The van der Waals surface area contributed by atoms with E-state index in [1.807, 2.05) is 0 Å². The van der Waals surface area contributed by atoms with Crippen molar-refractivity contribution in [2.24, 2.45) is 0 Å². The van der Waals surface area contributed by atoms with E-state index >= 15 is 0 Å². The van der Waals surface area contributed by atoms with Crippen LogP contribution in [0.3, 0.4) is 0 Å². The number of carbonyl (C=O) groups excluding carboxylic acids is 1. The number of carboxylic acids is 2. The highest BCUT2D eigenvalue weighted by Crippen LogP contribution is 2.26. The minimum Gasteiger partial charge on any atom is -0.506 e. The summed E-state index contributed by atoms with van der Waals surface area (Å²) in [7, 11) is 1.43. The Bertz CT molecular complexity index is 1180. The number of nitrogens with one attached hydrogen (secondary N) is 2. The molecule has 0 aliphatic heterocycles. The van der Waals surface area contributed by atoms with Crippen molar-refractivity contribution in [3.63, 3.8) is 0 Å². The number of rotatable bonds is 12. The number of hydrogen-bond donors (Lipinski definition) is 8. The molecule has 8 N–H and O–H groups in total. The van der Waals surface area contributed by atoms with Gasteiger partial charge in [-0.25, -0.2) is 9.59 Å². The maximum absolute atomic E-state index is 10.6. The summed E-state index contributed by atoms with van der Waals surface area (Å²) >= 11 is 0. The number of aliphatic hydroxyl groups is 3. The average Bonchev–Trinajstić information content (AvgIpc) is 2.91. The van der Waals surface area contributed by atoms with Gasteiger partial charge in [0.2, 0.25) is 6.41 Å². The van der Waals surface area contributed by atoms with Crippen molar-refractivity contribution in [3.05, 3.63) is 53.6 Å². The summed E-state index contributed by atoms with van der Waals surface area (Å²) in [6, 6.07) is 6.66. The van der Waals surface area contributed by atoms with E-state index in [4.69, 9.17) is 33.4 Å². The molecule has 12 nitrogen and oxygen atoms in total. The number of methoxy groups -OCH3 is 1.